The molecule has 1 unspecified atom stereocenters. The molecule has 1 atom stereocenters. The predicted molar refractivity (Wildman–Crippen MR) is 127 cm³/mol. The highest BCUT2D eigenvalue weighted by atomic mass is 19.1. The SMILES string of the molecule is CC/N=C(\NC(=O)OC(C)(C)C)Nc1cc(C(C)c2ccc(-c3ccccc3)c(F)c2)no1. The Labute approximate surface area is 193 Å². The zero-order chi connectivity index (χ0) is 24.0. The summed E-state index contributed by atoms with van der Waals surface area (Å²) in [5.74, 6) is -0.0397. The van der Waals surface area contributed by atoms with E-state index < -0.39 is 11.7 Å². The first kappa shape index (κ1) is 24.0. The molecule has 33 heavy (non-hydrogen) atoms. The number of ether oxygens (including phenoxy) is 1. The second kappa shape index (κ2) is 10.3. The molecule has 3 rings (SSSR count). The van der Waals surface area contributed by atoms with Crippen molar-refractivity contribution in [2.24, 2.45) is 4.99 Å². The molecule has 0 aliphatic rings. The maximum absolute atomic E-state index is 14.8. The number of guanidine groups is 1. The van der Waals surface area contributed by atoms with Crippen molar-refractivity contribution in [3.8, 4) is 11.1 Å². The zero-order valence-corrected chi connectivity index (χ0v) is 19.5. The van der Waals surface area contributed by atoms with Gasteiger partial charge in [0.25, 0.3) is 0 Å². The number of nitrogens with zero attached hydrogens (tertiary/aromatic N) is 2. The van der Waals surface area contributed by atoms with Crippen LogP contribution in [0.15, 0.2) is 64.1 Å². The lowest BCUT2D eigenvalue weighted by Gasteiger charge is -2.20. The summed E-state index contributed by atoms with van der Waals surface area (Å²) in [5.41, 5.74) is 2.10. The first-order chi connectivity index (χ1) is 15.7. The average molecular weight is 453 g/mol. The van der Waals surface area contributed by atoms with Crippen molar-refractivity contribution >= 4 is 17.9 Å². The summed E-state index contributed by atoms with van der Waals surface area (Å²) in [4.78, 5) is 16.3. The quantitative estimate of drug-likeness (QED) is 0.369. The standard InChI is InChI=1S/C25H29FN4O3/c1-6-27-23(29-24(31)32-25(3,4)5)28-22-15-21(30-33-22)16(2)18-12-13-19(20(26)14-18)17-10-8-7-9-11-17/h7-16H,6H2,1-5H3,(H2,27,28,29,31). The normalized spacial score (nSPS) is 12.8. The van der Waals surface area contributed by atoms with Crippen LogP contribution in [0.2, 0.25) is 0 Å². The van der Waals surface area contributed by atoms with E-state index in [0.717, 1.165) is 11.1 Å². The van der Waals surface area contributed by atoms with E-state index in [9.17, 15) is 9.18 Å². The summed E-state index contributed by atoms with van der Waals surface area (Å²) in [7, 11) is 0. The van der Waals surface area contributed by atoms with Crippen LogP contribution in [0, 0.1) is 5.82 Å². The molecule has 0 saturated carbocycles. The number of anilines is 1. The Balaban J connectivity index is 1.72. The Morgan fingerprint density at radius 1 is 1.18 bits per heavy atom. The minimum Gasteiger partial charge on any atom is -0.444 e. The Morgan fingerprint density at radius 3 is 2.55 bits per heavy atom. The molecule has 0 spiro atoms. The number of rotatable bonds is 5. The first-order valence-corrected chi connectivity index (χ1v) is 10.8. The van der Waals surface area contributed by atoms with Gasteiger partial charge in [-0.05, 0) is 44.9 Å². The molecule has 0 saturated heterocycles. The summed E-state index contributed by atoms with van der Waals surface area (Å²) in [6.07, 6.45) is -0.635. The van der Waals surface area contributed by atoms with Gasteiger partial charge >= 0.3 is 6.09 Å². The molecule has 2 N–H and O–H groups in total. The van der Waals surface area contributed by atoms with Gasteiger partial charge in [0.2, 0.25) is 11.8 Å². The van der Waals surface area contributed by atoms with Gasteiger partial charge in [-0.15, -0.1) is 0 Å². The lowest BCUT2D eigenvalue weighted by Crippen LogP contribution is -2.39. The van der Waals surface area contributed by atoms with Gasteiger partial charge in [-0.25, -0.2) is 9.18 Å². The van der Waals surface area contributed by atoms with Crippen molar-refractivity contribution in [2.45, 2.75) is 46.1 Å². The molecular weight excluding hydrogens is 423 g/mol. The van der Waals surface area contributed by atoms with E-state index in [4.69, 9.17) is 9.26 Å². The number of aliphatic imine (C=N–C) groups is 1. The highest BCUT2D eigenvalue weighted by Crippen LogP contribution is 2.30. The van der Waals surface area contributed by atoms with Crippen LogP contribution in [-0.2, 0) is 4.74 Å². The van der Waals surface area contributed by atoms with Crippen LogP contribution in [-0.4, -0.2) is 29.4 Å². The van der Waals surface area contributed by atoms with E-state index in [2.05, 4.69) is 20.8 Å². The third kappa shape index (κ3) is 6.65. The van der Waals surface area contributed by atoms with Crippen molar-refractivity contribution in [1.82, 2.24) is 10.5 Å². The van der Waals surface area contributed by atoms with Crippen molar-refractivity contribution in [2.75, 3.05) is 11.9 Å². The predicted octanol–water partition coefficient (Wildman–Crippen LogP) is 5.95. The second-order valence-electron chi connectivity index (χ2n) is 8.52. The number of carbonyl (C=O) groups is 1. The van der Waals surface area contributed by atoms with Crippen LogP contribution in [0.5, 0.6) is 0 Å². The van der Waals surface area contributed by atoms with Crippen molar-refractivity contribution in [3.63, 3.8) is 0 Å². The van der Waals surface area contributed by atoms with Crippen LogP contribution in [0.1, 0.15) is 51.8 Å². The zero-order valence-electron chi connectivity index (χ0n) is 19.5. The fraction of sp³-hybridized carbons (Fsp3) is 0.320. The molecule has 7 nitrogen and oxygen atoms in total. The summed E-state index contributed by atoms with van der Waals surface area (Å²) in [6.45, 7) is 9.50. The summed E-state index contributed by atoms with van der Waals surface area (Å²) < 4.78 is 25.4. The van der Waals surface area contributed by atoms with Gasteiger partial charge in [-0.1, -0.05) is 54.5 Å². The van der Waals surface area contributed by atoms with Crippen LogP contribution in [0.4, 0.5) is 15.1 Å². The highest BCUT2D eigenvalue weighted by molar-refractivity contribution is 6.01. The number of alkyl carbamates (subject to hydrolysis) is 1. The fourth-order valence-electron chi connectivity index (χ4n) is 3.16. The Kier molecular flexibility index (Phi) is 7.48. The molecule has 0 radical (unpaired) electrons. The van der Waals surface area contributed by atoms with Crippen LogP contribution >= 0.6 is 0 Å². The first-order valence-electron chi connectivity index (χ1n) is 10.8. The molecule has 0 aliphatic heterocycles. The topological polar surface area (TPSA) is 88.8 Å². The molecule has 174 valence electrons. The number of amides is 1. The van der Waals surface area contributed by atoms with Gasteiger partial charge in [0.05, 0.1) is 5.69 Å². The highest BCUT2D eigenvalue weighted by Gasteiger charge is 2.20. The largest absolute Gasteiger partial charge is 0.444 e. The van der Waals surface area contributed by atoms with Crippen LogP contribution < -0.4 is 10.6 Å². The minimum absolute atomic E-state index is 0.181. The lowest BCUT2D eigenvalue weighted by atomic mass is 9.95. The number of benzene rings is 2. The molecule has 1 amide bonds. The molecule has 0 aliphatic carbocycles. The van der Waals surface area contributed by atoms with Crippen molar-refractivity contribution in [3.05, 3.63) is 71.7 Å². The number of hydrogen-bond donors (Lipinski definition) is 2. The number of nitrogens with one attached hydrogen (secondary N) is 2. The van der Waals surface area contributed by atoms with E-state index in [1.807, 2.05) is 50.2 Å². The Morgan fingerprint density at radius 2 is 1.91 bits per heavy atom. The Hall–Kier alpha value is -3.68. The number of halogens is 1. The fourth-order valence-corrected chi connectivity index (χ4v) is 3.16. The monoisotopic (exact) mass is 452 g/mol. The summed E-state index contributed by atoms with van der Waals surface area (Å²) in [6, 6.07) is 16.3. The van der Waals surface area contributed by atoms with Crippen molar-refractivity contribution in [1.29, 1.82) is 0 Å². The number of hydrogen-bond acceptors (Lipinski definition) is 5. The minimum atomic E-state index is -0.637. The maximum Gasteiger partial charge on any atom is 0.414 e. The number of aromatic nitrogens is 1. The van der Waals surface area contributed by atoms with Gasteiger partial charge in [0, 0.05) is 24.1 Å². The van der Waals surface area contributed by atoms with E-state index >= 15 is 0 Å². The van der Waals surface area contributed by atoms with E-state index in [1.54, 1.807) is 32.9 Å². The average Bonchev–Trinajstić information content (AvgIpc) is 3.21. The van der Waals surface area contributed by atoms with E-state index in [-0.39, 0.29) is 17.7 Å². The molecule has 0 bridgehead atoms. The maximum atomic E-state index is 14.8. The lowest BCUT2D eigenvalue weighted by molar-refractivity contribution is 0.0563. The van der Waals surface area contributed by atoms with E-state index in [0.29, 0.717) is 23.7 Å². The van der Waals surface area contributed by atoms with Gasteiger partial charge in [0.15, 0.2) is 0 Å². The van der Waals surface area contributed by atoms with Gasteiger partial charge in [-0.3, -0.25) is 15.6 Å². The number of carbonyl (C=O) groups excluding carboxylic acids is 1. The molecule has 1 heterocycles. The molecular formula is C25H29FN4O3. The third-order valence-corrected chi connectivity index (χ3v) is 4.73. The van der Waals surface area contributed by atoms with Gasteiger partial charge in [-0.2, -0.15) is 0 Å². The van der Waals surface area contributed by atoms with Crippen LogP contribution in [0.3, 0.4) is 0 Å². The molecule has 8 heteroatoms. The van der Waals surface area contributed by atoms with Crippen LogP contribution in [0.25, 0.3) is 11.1 Å². The molecule has 1 aromatic heterocycles. The Bertz CT molecular complexity index is 1120. The summed E-state index contributed by atoms with van der Waals surface area (Å²) >= 11 is 0. The molecule has 0 fully saturated rings. The van der Waals surface area contributed by atoms with Gasteiger partial charge < -0.3 is 9.26 Å². The van der Waals surface area contributed by atoms with Gasteiger partial charge in [0.1, 0.15) is 11.4 Å². The molecule has 3 aromatic rings. The van der Waals surface area contributed by atoms with E-state index in [1.165, 1.54) is 6.07 Å². The third-order valence-electron chi connectivity index (χ3n) is 4.73. The molecule has 2 aromatic carbocycles. The smallest absolute Gasteiger partial charge is 0.414 e. The van der Waals surface area contributed by atoms with Crippen molar-refractivity contribution < 1.29 is 18.4 Å². The summed E-state index contributed by atoms with van der Waals surface area (Å²) in [5, 5.41) is 9.56. The second-order valence-corrected chi connectivity index (χ2v) is 8.52.